The number of aryl methyl sites for hydroxylation is 1. The number of phenols is 2. The zero-order chi connectivity index (χ0) is 16.8. The minimum Gasteiger partial charge on any atom is -0.508 e. The molecule has 0 aliphatic carbocycles. The van der Waals surface area contributed by atoms with E-state index in [1.54, 1.807) is 18.2 Å². The number of benzene rings is 2. The minimum absolute atomic E-state index is 0.0550. The van der Waals surface area contributed by atoms with Gasteiger partial charge in [-0.3, -0.25) is 4.79 Å². The summed E-state index contributed by atoms with van der Waals surface area (Å²) in [6.07, 6.45) is 0.928. The third kappa shape index (κ3) is 4.64. The van der Waals surface area contributed by atoms with Crippen LogP contribution in [-0.2, 0) is 17.6 Å². The van der Waals surface area contributed by atoms with Crippen LogP contribution < -0.4 is 10.1 Å². The smallest absolute Gasteiger partial charge is 0.224 e. The fourth-order valence-electron chi connectivity index (χ4n) is 2.30. The average molecular weight is 315 g/mol. The van der Waals surface area contributed by atoms with E-state index in [0.717, 1.165) is 16.7 Å². The predicted molar refractivity (Wildman–Crippen MR) is 87.9 cm³/mol. The number of amides is 1. The van der Waals surface area contributed by atoms with Gasteiger partial charge < -0.3 is 20.3 Å². The van der Waals surface area contributed by atoms with Gasteiger partial charge in [0.25, 0.3) is 0 Å². The van der Waals surface area contributed by atoms with Gasteiger partial charge >= 0.3 is 0 Å². The molecule has 5 nitrogen and oxygen atoms in total. The molecule has 0 spiro atoms. The Hall–Kier alpha value is -2.69. The average Bonchev–Trinajstić information content (AvgIpc) is 2.52. The third-order valence-electron chi connectivity index (χ3n) is 3.61. The van der Waals surface area contributed by atoms with Gasteiger partial charge in [-0.05, 0) is 48.2 Å². The lowest BCUT2D eigenvalue weighted by atomic mass is 10.1. The summed E-state index contributed by atoms with van der Waals surface area (Å²) in [5.41, 5.74) is 2.66. The van der Waals surface area contributed by atoms with Crippen molar-refractivity contribution in [3.8, 4) is 17.2 Å². The normalized spacial score (nSPS) is 10.3. The van der Waals surface area contributed by atoms with Gasteiger partial charge in [-0.15, -0.1) is 0 Å². The van der Waals surface area contributed by atoms with Crippen LogP contribution in [0.3, 0.4) is 0 Å². The van der Waals surface area contributed by atoms with Crippen LogP contribution in [0.15, 0.2) is 36.4 Å². The fraction of sp³-hybridized carbons (Fsp3) is 0.278. The lowest BCUT2D eigenvalue weighted by molar-refractivity contribution is -0.120. The van der Waals surface area contributed by atoms with Crippen LogP contribution in [0.4, 0.5) is 0 Å². The Labute approximate surface area is 135 Å². The molecule has 0 saturated heterocycles. The first-order chi connectivity index (χ1) is 11.0. The van der Waals surface area contributed by atoms with Crippen LogP contribution in [-0.4, -0.2) is 29.8 Å². The molecule has 0 unspecified atom stereocenters. The highest BCUT2D eigenvalue weighted by atomic mass is 16.5. The van der Waals surface area contributed by atoms with Crippen LogP contribution >= 0.6 is 0 Å². The number of carbonyl (C=O) groups excluding carboxylic acids is 1. The highest BCUT2D eigenvalue weighted by Crippen LogP contribution is 2.26. The summed E-state index contributed by atoms with van der Waals surface area (Å²) in [6.45, 7) is 2.37. The van der Waals surface area contributed by atoms with Gasteiger partial charge in [-0.1, -0.05) is 18.2 Å². The molecule has 0 fully saturated rings. The fourth-order valence-corrected chi connectivity index (χ4v) is 2.30. The SMILES string of the molecule is COc1cc(CC(=O)NCCc2ccc(O)c(C)c2)ccc1O. The molecule has 5 heteroatoms. The summed E-state index contributed by atoms with van der Waals surface area (Å²) in [5, 5.41) is 21.9. The number of carbonyl (C=O) groups is 1. The second kappa shape index (κ2) is 7.54. The van der Waals surface area contributed by atoms with Gasteiger partial charge in [0.1, 0.15) is 5.75 Å². The van der Waals surface area contributed by atoms with E-state index in [0.29, 0.717) is 18.7 Å². The van der Waals surface area contributed by atoms with E-state index in [1.165, 1.54) is 13.2 Å². The number of rotatable bonds is 6. The maximum atomic E-state index is 12.0. The topological polar surface area (TPSA) is 78.8 Å². The molecule has 2 aromatic rings. The molecule has 2 rings (SSSR count). The molecule has 0 heterocycles. The van der Waals surface area contributed by atoms with Gasteiger partial charge in [-0.25, -0.2) is 0 Å². The quantitative estimate of drug-likeness (QED) is 0.764. The molecule has 0 aliphatic rings. The zero-order valence-corrected chi connectivity index (χ0v) is 13.3. The van der Waals surface area contributed by atoms with Crippen LogP contribution in [0.25, 0.3) is 0 Å². The minimum atomic E-state index is -0.0896. The molecule has 0 radical (unpaired) electrons. The summed E-state index contributed by atoms with van der Waals surface area (Å²) in [5.74, 6) is 0.599. The summed E-state index contributed by atoms with van der Waals surface area (Å²) in [4.78, 5) is 12.0. The Morgan fingerprint density at radius 1 is 1.09 bits per heavy atom. The van der Waals surface area contributed by atoms with Crippen molar-refractivity contribution in [2.45, 2.75) is 19.8 Å². The highest BCUT2D eigenvalue weighted by molar-refractivity contribution is 5.78. The molecule has 2 aromatic carbocycles. The number of nitrogens with one attached hydrogen (secondary N) is 1. The predicted octanol–water partition coefficient (Wildman–Crippen LogP) is 2.32. The Bertz CT molecular complexity index is 697. The lowest BCUT2D eigenvalue weighted by Crippen LogP contribution is -2.27. The Balaban J connectivity index is 1.84. The highest BCUT2D eigenvalue weighted by Gasteiger charge is 2.07. The number of phenolic OH excluding ortho intramolecular Hbond substituents is 2. The molecular weight excluding hydrogens is 294 g/mol. The lowest BCUT2D eigenvalue weighted by Gasteiger charge is -2.08. The molecule has 0 aromatic heterocycles. The van der Waals surface area contributed by atoms with E-state index in [9.17, 15) is 15.0 Å². The van der Waals surface area contributed by atoms with Crippen molar-refractivity contribution < 1.29 is 19.7 Å². The van der Waals surface area contributed by atoms with E-state index in [-0.39, 0.29) is 23.8 Å². The third-order valence-corrected chi connectivity index (χ3v) is 3.61. The first-order valence-electron chi connectivity index (χ1n) is 7.40. The van der Waals surface area contributed by atoms with Crippen LogP contribution in [0.5, 0.6) is 17.2 Å². The number of hydrogen-bond acceptors (Lipinski definition) is 4. The Morgan fingerprint density at radius 3 is 2.48 bits per heavy atom. The molecule has 0 saturated carbocycles. The summed E-state index contributed by atoms with van der Waals surface area (Å²) < 4.78 is 5.02. The first kappa shape index (κ1) is 16.7. The van der Waals surface area contributed by atoms with E-state index >= 15 is 0 Å². The van der Waals surface area contributed by atoms with Gasteiger partial charge in [0, 0.05) is 6.54 Å². The summed E-state index contributed by atoms with van der Waals surface area (Å²) >= 11 is 0. The van der Waals surface area contributed by atoms with E-state index < -0.39 is 0 Å². The van der Waals surface area contributed by atoms with Crippen molar-refractivity contribution in [1.29, 1.82) is 0 Å². The van der Waals surface area contributed by atoms with E-state index in [4.69, 9.17) is 4.74 Å². The maximum Gasteiger partial charge on any atom is 0.224 e. The van der Waals surface area contributed by atoms with Gasteiger partial charge in [0.15, 0.2) is 11.5 Å². The molecule has 1 amide bonds. The molecule has 0 aliphatic heterocycles. The van der Waals surface area contributed by atoms with E-state index in [2.05, 4.69) is 5.32 Å². The summed E-state index contributed by atoms with van der Waals surface area (Å²) in [6, 6.07) is 10.3. The van der Waals surface area contributed by atoms with Crippen molar-refractivity contribution in [3.05, 3.63) is 53.1 Å². The van der Waals surface area contributed by atoms with Crippen molar-refractivity contribution in [1.82, 2.24) is 5.32 Å². The van der Waals surface area contributed by atoms with Crippen molar-refractivity contribution in [2.24, 2.45) is 0 Å². The largest absolute Gasteiger partial charge is 0.508 e. The molecule has 0 atom stereocenters. The van der Waals surface area contributed by atoms with Crippen LogP contribution in [0.1, 0.15) is 16.7 Å². The number of methoxy groups -OCH3 is 1. The van der Waals surface area contributed by atoms with Gasteiger partial charge in [0.05, 0.1) is 13.5 Å². The molecule has 3 N–H and O–H groups in total. The molecule has 122 valence electrons. The monoisotopic (exact) mass is 315 g/mol. The number of aromatic hydroxyl groups is 2. The van der Waals surface area contributed by atoms with Crippen LogP contribution in [0, 0.1) is 6.92 Å². The standard InChI is InChI=1S/C18H21NO4/c1-12-9-13(3-5-15(12)20)7-8-19-18(22)11-14-4-6-16(21)17(10-14)23-2/h3-6,9-10,20-21H,7-8,11H2,1-2H3,(H,19,22). The maximum absolute atomic E-state index is 12.0. The van der Waals surface area contributed by atoms with Gasteiger partial charge in [-0.2, -0.15) is 0 Å². The molecule has 23 heavy (non-hydrogen) atoms. The number of ether oxygens (including phenoxy) is 1. The van der Waals surface area contributed by atoms with Crippen molar-refractivity contribution in [3.63, 3.8) is 0 Å². The Kier molecular flexibility index (Phi) is 5.46. The Morgan fingerprint density at radius 2 is 1.78 bits per heavy atom. The molecular formula is C18H21NO4. The first-order valence-corrected chi connectivity index (χ1v) is 7.40. The van der Waals surface area contributed by atoms with Crippen molar-refractivity contribution in [2.75, 3.05) is 13.7 Å². The second-order valence-electron chi connectivity index (χ2n) is 5.40. The van der Waals surface area contributed by atoms with Crippen molar-refractivity contribution >= 4 is 5.91 Å². The number of hydrogen-bond donors (Lipinski definition) is 3. The second-order valence-corrected chi connectivity index (χ2v) is 5.40. The van der Waals surface area contributed by atoms with Gasteiger partial charge in [0.2, 0.25) is 5.91 Å². The van der Waals surface area contributed by atoms with Crippen LogP contribution in [0.2, 0.25) is 0 Å². The van der Waals surface area contributed by atoms with E-state index in [1.807, 2.05) is 19.1 Å². The zero-order valence-electron chi connectivity index (χ0n) is 13.3. The summed E-state index contributed by atoms with van der Waals surface area (Å²) in [7, 11) is 1.47. The molecule has 0 bridgehead atoms.